The fraction of sp³-hybridized carbons (Fsp3) is 0.800. The molecule has 0 amide bonds. The van der Waals surface area contributed by atoms with Crippen LogP contribution in [0.3, 0.4) is 0 Å². The normalized spacial score (nSPS) is 42.5. The topological polar surface area (TPSA) is 63.6 Å². The number of carbonyl (C=O) groups is 2. The van der Waals surface area contributed by atoms with Gasteiger partial charge in [0.25, 0.3) is 0 Å². The molecule has 1 aliphatic heterocycles. The van der Waals surface area contributed by atoms with Crippen LogP contribution < -0.4 is 0 Å². The van der Waals surface area contributed by atoms with Gasteiger partial charge in [-0.05, 0) is 49.4 Å². The van der Waals surface area contributed by atoms with Crippen molar-refractivity contribution in [2.75, 3.05) is 6.61 Å². The number of fused-ring (bicyclic) bond motifs is 3. The highest BCUT2D eigenvalue weighted by Gasteiger charge is 2.62. The number of rotatable bonds is 3. The lowest BCUT2D eigenvalue weighted by atomic mass is 9.45. The molecular formula is C20H30O4. The summed E-state index contributed by atoms with van der Waals surface area (Å²) in [5, 5.41) is 9.57. The van der Waals surface area contributed by atoms with Gasteiger partial charge in [0, 0.05) is 12.3 Å². The van der Waals surface area contributed by atoms with Crippen LogP contribution in [-0.4, -0.2) is 29.4 Å². The molecule has 3 aliphatic rings. The number of aldehydes is 1. The maximum Gasteiger partial charge on any atom is 0.227 e. The standard InChI is InChI=1S/C20H30O4/c1-18(2)7-5-8-19(3)16(18)6-9-20(4)17(19)10-15(24-20)13(11-21)14(23)12-22/h12,16-17,21H,5-11H2,1-4H3. The van der Waals surface area contributed by atoms with Gasteiger partial charge in [-0.3, -0.25) is 9.59 Å². The lowest BCUT2D eigenvalue weighted by Gasteiger charge is -2.59. The molecule has 1 heterocycles. The van der Waals surface area contributed by atoms with Gasteiger partial charge < -0.3 is 9.84 Å². The summed E-state index contributed by atoms with van der Waals surface area (Å²) in [4.78, 5) is 22.7. The molecule has 1 saturated heterocycles. The highest BCUT2D eigenvalue weighted by atomic mass is 16.5. The van der Waals surface area contributed by atoms with Gasteiger partial charge in [0.05, 0.1) is 12.2 Å². The number of allylic oxidation sites excluding steroid dienone is 1. The molecule has 3 rings (SSSR count). The fourth-order valence-electron chi connectivity index (χ4n) is 6.25. The molecule has 4 heteroatoms. The van der Waals surface area contributed by atoms with Gasteiger partial charge in [0.1, 0.15) is 11.4 Å². The number of hydrogen-bond acceptors (Lipinski definition) is 4. The number of hydrogen-bond donors (Lipinski definition) is 1. The second-order valence-electron chi connectivity index (χ2n) is 9.15. The Morgan fingerprint density at radius 2 is 1.92 bits per heavy atom. The van der Waals surface area contributed by atoms with Gasteiger partial charge in [0.2, 0.25) is 5.78 Å². The van der Waals surface area contributed by atoms with E-state index in [1.54, 1.807) is 0 Å². The van der Waals surface area contributed by atoms with Crippen molar-refractivity contribution in [1.82, 2.24) is 0 Å². The third kappa shape index (κ3) is 2.45. The van der Waals surface area contributed by atoms with Crippen LogP contribution >= 0.6 is 0 Å². The quantitative estimate of drug-likeness (QED) is 0.488. The number of aliphatic hydroxyl groups excluding tert-OH is 1. The van der Waals surface area contributed by atoms with Gasteiger partial charge in [-0.15, -0.1) is 0 Å². The van der Waals surface area contributed by atoms with Crippen molar-refractivity contribution in [1.29, 1.82) is 0 Å². The van der Waals surface area contributed by atoms with Crippen LogP contribution in [0.1, 0.15) is 66.2 Å². The Morgan fingerprint density at radius 3 is 2.54 bits per heavy atom. The van der Waals surface area contributed by atoms with Gasteiger partial charge in [-0.1, -0.05) is 27.2 Å². The van der Waals surface area contributed by atoms with E-state index in [4.69, 9.17) is 4.74 Å². The minimum Gasteiger partial charge on any atom is -0.491 e. The summed E-state index contributed by atoms with van der Waals surface area (Å²) in [5.41, 5.74) is 0.369. The van der Waals surface area contributed by atoms with Crippen LogP contribution in [0.15, 0.2) is 11.3 Å². The zero-order chi connectivity index (χ0) is 17.8. The molecule has 0 bridgehead atoms. The first-order valence-electron chi connectivity index (χ1n) is 9.19. The molecule has 3 fully saturated rings. The summed E-state index contributed by atoms with van der Waals surface area (Å²) in [6, 6.07) is 0. The monoisotopic (exact) mass is 334 g/mol. The van der Waals surface area contributed by atoms with Crippen molar-refractivity contribution in [3.63, 3.8) is 0 Å². The van der Waals surface area contributed by atoms with Crippen LogP contribution in [-0.2, 0) is 14.3 Å². The van der Waals surface area contributed by atoms with E-state index in [2.05, 4.69) is 27.7 Å². The molecule has 0 radical (unpaired) electrons. The molecular weight excluding hydrogens is 304 g/mol. The molecule has 0 aromatic heterocycles. The van der Waals surface area contributed by atoms with E-state index in [0.717, 1.165) is 12.8 Å². The number of Topliss-reactive ketones (excluding diaryl/α,β-unsaturated/α-hetero) is 1. The Labute approximate surface area is 144 Å². The second-order valence-corrected chi connectivity index (χ2v) is 9.15. The molecule has 4 atom stereocenters. The second kappa shape index (κ2) is 5.69. The highest BCUT2D eigenvalue weighted by Crippen LogP contribution is 2.66. The summed E-state index contributed by atoms with van der Waals surface area (Å²) < 4.78 is 6.25. The van der Waals surface area contributed by atoms with Crippen molar-refractivity contribution in [2.45, 2.75) is 71.8 Å². The minimum atomic E-state index is -0.652. The third-order valence-corrected chi connectivity index (χ3v) is 7.38. The third-order valence-electron chi connectivity index (χ3n) is 7.38. The largest absolute Gasteiger partial charge is 0.491 e. The van der Waals surface area contributed by atoms with Gasteiger partial charge >= 0.3 is 0 Å². The van der Waals surface area contributed by atoms with E-state index in [1.807, 2.05) is 0 Å². The Morgan fingerprint density at radius 1 is 1.21 bits per heavy atom. The molecule has 24 heavy (non-hydrogen) atoms. The van der Waals surface area contributed by atoms with Crippen LogP contribution in [0.25, 0.3) is 0 Å². The average Bonchev–Trinajstić information content (AvgIpc) is 2.85. The van der Waals surface area contributed by atoms with Crippen molar-refractivity contribution in [3.05, 3.63) is 11.3 Å². The first kappa shape index (κ1) is 17.7. The highest BCUT2D eigenvalue weighted by molar-refractivity contribution is 6.33. The van der Waals surface area contributed by atoms with E-state index in [1.165, 1.54) is 19.3 Å². The summed E-state index contributed by atoms with van der Waals surface area (Å²) in [7, 11) is 0. The van der Waals surface area contributed by atoms with Crippen LogP contribution in [0.5, 0.6) is 0 Å². The first-order chi connectivity index (χ1) is 11.2. The van der Waals surface area contributed by atoms with Crippen LogP contribution in [0.2, 0.25) is 0 Å². The van der Waals surface area contributed by atoms with Crippen molar-refractivity contribution in [3.8, 4) is 0 Å². The summed E-state index contributed by atoms with van der Waals surface area (Å²) in [6.45, 7) is 8.89. The number of carbonyl (C=O) groups excluding carboxylic acids is 2. The lowest BCUT2D eigenvalue weighted by molar-refractivity contribution is -0.143. The van der Waals surface area contributed by atoms with E-state index >= 15 is 0 Å². The average molecular weight is 334 g/mol. The molecule has 2 aliphatic carbocycles. The smallest absolute Gasteiger partial charge is 0.227 e. The van der Waals surface area contributed by atoms with E-state index in [9.17, 15) is 14.7 Å². The molecule has 0 aromatic carbocycles. The Kier molecular flexibility index (Phi) is 4.18. The SMILES string of the molecule is CC1(C)CCCC2(C)C1CCC1(C)OC(=C(CO)C(=O)C=O)CC12. The lowest BCUT2D eigenvalue weighted by Crippen LogP contribution is -2.55. The van der Waals surface area contributed by atoms with E-state index in [-0.39, 0.29) is 22.9 Å². The van der Waals surface area contributed by atoms with Crippen LogP contribution in [0, 0.1) is 22.7 Å². The zero-order valence-corrected chi connectivity index (χ0v) is 15.4. The van der Waals surface area contributed by atoms with Gasteiger partial charge in [-0.2, -0.15) is 0 Å². The van der Waals surface area contributed by atoms with Gasteiger partial charge in [-0.25, -0.2) is 0 Å². The van der Waals surface area contributed by atoms with Gasteiger partial charge in [0.15, 0.2) is 6.29 Å². The van der Waals surface area contributed by atoms with E-state index in [0.29, 0.717) is 29.4 Å². The Hall–Kier alpha value is -1.16. The summed E-state index contributed by atoms with van der Waals surface area (Å²) in [6.07, 6.45) is 6.74. The number of aliphatic hydroxyl groups is 1. The molecule has 134 valence electrons. The van der Waals surface area contributed by atoms with Crippen LogP contribution in [0.4, 0.5) is 0 Å². The van der Waals surface area contributed by atoms with E-state index < -0.39 is 12.4 Å². The van der Waals surface area contributed by atoms with Crippen molar-refractivity contribution in [2.24, 2.45) is 22.7 Å². The Balaban J connectivity index is 2.00. The zero-order valence-electron chi connectivity index (χ0n) is 15.4. The Bertz CT molecular complexity index is 590. The molecule has 0 spiro atoms. The predicted molar refractivity (Wildman–Crippen MR) is 91.2 cm³/mol. The number of ether oxygens (including phenoxy) is 1. The molecule has 1 N–H and O–H groups in total. The maximum atomic E-state index is 11.8. The number of ketones is 1. The maximum absolute atomic E-state index is 11.8. The predicted octanol–water partition coefficient (Wildman–Crippen LogP) is 3.42. The first-order valence-corrected chi connectivity index (χ1v) is 9.19. The molecule has 4 nitrogen and oxygen atoms in total. The summed E-state index contributed by atoms with van der Waals surface area (Å²) >= 11 is 0. The summed E-state index contributed by atoms with van der Waals surface area (Å²) in [5.74, 6) is 0.881. The molecule has 0 aromatic rings. The fourth-order valence-corrected chi connectivity index (χ4v) is 6.25. The molecule has 2 saturated carbocycles. The van der Waals surface area contributed by atoms with Crippen molar-refractivity contribution < 1.29 is 19.4 Å². The van der Waals surface area contributed by atoms with Crippen molar-refractivity contribution >= 4 is 12.1 Å². The minimum absolute atomic E-state index is 0.149. The molecule has 4 unspecified atom stereocenters.